The number of rotatable bonds is 8. The lowest BCUT2D eigenvalue weighted by molar-refractivity contribution is -0.119. The second kappa shape index (κ2) is 9.43. The summed E-state index contributed by atoms with van der Waals surface area (Å²) in [5.74, 6) is 0.911. The Balaban J connectivity index is 1.86. The van der Waals surface area contributed by atoms with Crippen LogP contribution < -0.4 is 4.90 Å². The van der Waals surface area contributed by atoms with Crippen molar-refractivity contribution in [2.24, 2.45) is 5.10 Å². The molecule has 0 bridgehead atoms. The fourth-order valence-corrected chi connectivity index (χ4v) is 4.81. The molecule has 1 aliphatic rings. The van der Waals surface area contributed by atoms with E-state index in [1.165, 1.54) is 16.3 Å². The van der Waals surface area contributed by atoms with Gasteiger partial charge in [-0.05, 0) is 17.7 Å². The number of carbonyl (C=O) groups is 1. The van der Waals surface area contributed by atoms with Gasteiger partial charge in [-0.3, -0.25) is 4.79 Å². The first-order chi connectivity index (χ1) is 13.1. The topological polar surface area (TPSA) is 48.8 Å². The Kier molecular flexibility index (Phi) is 7.22. The summed E-state index contributed by atoms with van der Waals surface area (Å²) in [5.41, 5.74) is 1.72. The van der Waals surface area contributed by atoms with Crippen LogP contribution >= 0.6 is 57.7 Å². The van der Waals surface area contributed by atoms with Crippen LogP contribution in [0.25, 0.3) is 0 Å². The molecule has 0 N–H and O–H groups in total. The number of hydrogen-bond donors (Lipinski definition) is 0. The van der Waals surface area contributed by atoms with Crippen LogP contribution in [-0.4, -0.2) is 47.0 Å². The van der Waals surface area contributed by atoms with Gasteiger partial charge in [-0.15, -0.1) is 23.2 Å². The number of benzene rings is 1. The quantitative estimate of drug-likeness (QED) is 0.405. The Hall–Kier alpha value is -1.05. The van der Waals surface area contributed by atoms with Crippen LogP contribution in [0.3, 0.4) is 0 Å². The zero-order valence-corrected chi connectivity index (χ0v) is 18.0. The summed E-state index contributed by atoms with van der Waals surface area (Å²) in [6.07, 6.45) is 1.26. The van der Waals surface area contributed by atoms with Crippen LogP contribution in [0, 0.1) is 0 Å². The van der Waals surface area contributed by atoms with Crippen molar-refractivity contribution in [2.75, 3.05) is 29.7 Å². The van der Waals surface area contributed by atoms with Gasteiger partial charge in [0.15, 0.2) is 5.13 Å². The van der Waals surface area contributed by atoms with E-state index < -0.39 is 0 Å². The first-order valence-electron chi connectivity index (χ1n) is 8.17. The highest BCUT2D eigenvalue weighted by atomic mass is 35.5. The van der Waals surface area contributed by atoms with E-state index in [1.807, 2.05) is 17.0 Å². The Morgan fingerprint density at radius 3 is 2.44 bits per heavy atom. The van der Waals surface area contributed by atoms with E-state index in [-0.39, 0.29) is 6.04 Å². The fraction of sp³-hybridized carbons (Fsp3) is 0.353. The van der Waals surface area contributed by atoms with Gasteiger partial charge in [-0.25, -0.2) is 9.99 Å². The average molecular weight is 466 g/mol. The summed E-state index contributed by atoms with van der Waals surface area (Å²) in [6, 6.07) is 7.07. The second-order valence-corrected chi connectivity index (χ2v) is 8.33. The van der Waals surface area contributed by atoms with E-state index in [0.717, 1.165) is 21.3 Å². The van der Waals surface area contributed by atoms with E-state index in [9.17, 15) is 4.79 Å². The molecule has 0 spiro atoms. The molecule has 3 rings (SSSR count). The summed E-state index contributed by atoms with van der Waals surface area (Å²) < 4.78 is 0. The van der Waals surface area contributed by atoms with Gasteiger partial charge >= 0.3 is 0 Å². The van der Waals surface area contributed by atoms with Gasteiger partial charge in [0.1, 0.15) is 5.15 Å². The predicted octanol–water partition coefficient (Wildman–Crippen LogP) is 5.04. The standard InChI is InChI=1S/C17H16Cl4N4OS/c18-5-7-24(8-6-19)17-22-16(21)15(27-17)14-9-13(23-25(14)10-26)11-1-3-12(20)4-2-11/h1-4,10,14H,5-9H2. The lowest BCUT2D eigenvalue weighted by atomic mass is 10.0. The maximum Gasteiger partial charge on any atom is 0.230 e. The van der Waals surface area contributed by atoms with Gasteiger partial charge in [-0.1, -0.05) is 46.7 Å². The van der Waals surface area contributed by atoms with Crippen LogP contribution in [0.1, 0.15) is 22.9 Å². The molecule has 27 heavy (non-hydrogen) atoms. The zero-order chi connectivity index (χ0) is 19.4. The third kappa shape index (κ3) is 4.69. The van der Waals surface area contributed by atoms with Crippen molar-refractivity contribution in [3.8, 4) is 0 Å². The first kappa shape index (κ1) is 20.7. The van der Waals surface area contributed by atoms with Gasteiger partial charge in [-0.2, -0.15) is 5.10 Å². The number of amides is 1. The number of nitrogens with zero attached hydrogens (tertiary/aromatic N) is 4. The molecule has 10 heteroatoms. The van der Waals surface area contributed by atoms with E-state index >= 15 is 0 Å². The molecule has 2 aromatic rings. The molecule has 1 aromatic carbocycles. The maximum atomic E-state index is 11.6. The maximum absolute atomic E-state index is 11.6. The molecule has 2 heterocycles. The number of aromatic nitrogens is 1. The summed E-state index contributed by atoms with van der Waals surface area (Å²) in [4.78, 5) is 18.8. The molecule has 5 nitrogen and oxygen atoms in total. The van der Waals surface area contributed by atoms with Crippen LogP contribution in [0.4, 0.5) is 5.13 Å². The molecule has 144 valence electrons. The SMILES string of the molecule is O=CN1N=C(c2ccc(Cl)cc2)CC1c1sc(N(CCCl)CCCl)nc1Cl. The number of halogens is 4. The third-order valence-electron chi connectivity index (χ3n) is 4.11. The average Bonchev–Trinajstić information content (AvgIpc) is 3.25. The van der Waals surface area contributed by atoms with E-state index in [2.05, 4.69) is 10.1 Å². The number of hydrogen-bond acceptors (Lipinski definition) is 5. The summed E-state index contributed by atoms with van der Waals surface area (Å²) in [6.45, 7) is 1.23. The Morgan fingerprint density at radius 1 is 1.19 bits per heavy atom. The highest BCUT2D eigenvalue weighted by Gasteiger charge is 2.33. The van der Waals surface area contributed by atoms with Gasteiger partial charge in [0.05, 0.1) is 16.6 Å². The Bertz CT molecular complexity index is 821. The molecule has 0 saturated carbocycles. The van der Waals surface area contributed by atoms with E-state index in [0.29, 0.717) is 47.9 Å². The molecule has 0 aliphatic carbocycles. The van der Waals surface area contributed by atoms with E-state index in [4.69, 9.17) is 46.4 Å². The van der Waals surface area contributed by atoms with Crippen molar-refractivity contribution in [2.45, 2.75) is 12.5 Å². The highest BCUT2D eigenvalue weighted by molar-refractivity contribution is 7.16. The second-order valence-electron chi connectivity index (χ2n) is 5.78. The van der Waals surface area contributed by atoms with Crippen molar-refractivity contribution in [1.29, 1.82) is 0 Å². The lowest BCUT2D eigenvalue weighted by Gasteiger charge is -2.19. The number of alkyl halides is 2. The van der Waals surface area contributed by atoms with Gasteiger partial charge in [0.25, 0.3) is 0 Å². The summed E-state index contributed by atoms with van der Waals surface area (Å²) in [5, 5.41) is 7.58. The minimum atomic E-state index is -0.291. The van der Waals surface area contributed by atoms with Crippen molar-refractivity contribution in [3.63, 3.8) is 0 Å². The highest BCUT2D eigenvalue weighted by Crippen LogP contribution is 2.41. The molecule has 1 amide bonds. The van der Waals surface area contributed by atoms with Crippen LogP contribution in [0.15, 0.2) is 29.4 Å². The predicted molar refractivity (Wildman–Crippen MR) is 114 cm³/mol. The molecule has 0 saturated heterocycles. The summed E-state index contributed by atoms with van der Waals surface area (Å²) in [7, 11) is 0. The third-order valence-corrected chi connectivity index (χ3v) is 6.32. The van der Waals surface area contributed by atoms with E-state index in [1.54, 1.807) is 12.1 Å². The normalized spacial score (nSPS) is 16.5. The molecule has 1 aromatic heterocycles. The number of hydrazone groups is 1. The van der Waals surface area contributed by atoms with Crippen molar-refractivity contribution in [3.05, 3.63) is 44.9 Å². The van der Waals surface area contributed by atoms with Crippen molar-refractivity contribution in [1.82, 2.24) is 9.99 Å². The zero-order valence-electron chi connectivity index (χ0n) is 14.1. The molecule has 1 aliphatic heterocycles. The van der Waals surface area contributed by atoms with Crippen LogP contribution in [-0.2, 0) is 4.79 Å². The van der Waals surface area contributed by atoms with Gasteiger partial charge < -0.3 is 4.90 Å². The van der Waals surface area contributed by atoms with Crippen molar-refractivity contribution >= 4 is 75.0 Å². The number of carbonyl (C=O) groups excluding carboxylic acids is 1. The minimum absolute atomic E-state index is 0.291. The van der Waals surface area contributed by atoms with Gasteiger partial charge in [0, 0.05) is 36.3 Å². The fourth-order valence-electron chi connectivity index (χ4n) is 2.80. The largest absolute Gasteiger partial charge is 0.346 e. The minimum Gasteiger partial charge on any atom is -0.346 e. The Labute approximate surface area is 181 Å². The lowest BCUT2D eigenvalue weighted by Crippen LogP contribution is -2.27. The molecule has 0 fully saturated rings. The van der Waals surface area contributed by atoms with Crippen LogP contribution in [0.2, 0.25) is 10.2 Å². The van der Waals surface area contributed by atoms with Crippen LogP contribution in [0.5, 0.6) is 0 Å². The number of thiazole rings is 1. The molecular formula is C17H16Cl4N4OS. The van der Waals surface area contributed by atoms with Gasteiger partial charge in [0.2, 0.25) is 6.41 Å². The smallest absolute Gasteiger partial charge is 0.230 e. The molecule has 1 atom stereocenters. The number of anilines is 1. The monoisotopic (exact) mass is 464 g/mol. The Morgan fingerprint density at radius 2 is 1.85 bits per heavy atom. The van der Waals surface area contributed by atoms with Crippen molar-refractivity contribution < 1.29 is 4.79 Å². The molecule has 1 unspecified atom stereocenters. The molecule has 0 radical (unpaired) electrons. The molecular weight excluding hydrogens is 450 g/mol. The summed E-state index contributed by atoms with van der Waals surface area (Å²) >= 11 is 25.5. The first-order valence-corrected chi connectivity index (χ1v) is 10.8.